The van der Waals surface area contributed by atoms with Crippen LogP contribution in [0.1, 0.15) is 54.3 Å². The molecule has 0 radical (unpaired) electrons. The molecule has 30 heavy (non-hydrogen) atoms. The molecule has 164 valence electrons. The van der Waals surface area contributed by atoms with Crippen LogP contribution in [0, 0.1) is 6.92 Å². The standard InChI is InChI=1S/C22H30N2O6/c1-13(2)29-19-9-8-16(10-20(19)27-6)14(3)23-22(26)24(5)12-17-11-18(15(4)30-17)21(25)28-7/h8-11,13-14H,12H2,1-7H3,(H,23,26). The molecule has 0 saturated heterocycles. The Labute approximate surface area is 177 Å². The maximum atomic E-state index is 12.6. The number of ether oxygens (including phenoxy) is 3. The Balaban J connectivity index is 2.03. The van der Waals surface area contributed by atoms with Crippen molar-refractivity contribution in [3.8, 4) is 11.5 Å². The van der Waals surface area contributed by atoms with Crippen LogP contribution in [0.5, 0.6) is 11.5 Å². The van der Waals surface area contributed by atoms with Gasteiger partial charge in [0.25, 0.3) is 0 Å². The van der Waals surface area contributed by atoms with E-state index in [1.54, 1.807) is 27.1 Å². The Morgan fingerprint density at radius 2 is 1.83 bits per heavy atom. The summed E-state index contributed by atoms with van der Waals surface area (Å²) in [5.41, 5.74) is 1.23. The fourth-order valence-corrected chi connectivity index (χ4v) is 2.92. The summed E-state index contributed by atoms with van der Waals surface area (Å²) in [7, 11) is 4.54. The first kappa shape index (κ1) is 23.1. The van der Waals surface area contributed by atoms with Crippen molar-refractivity contribution in [3.05, 3.63) is 46.9 Å². The molecule has 0 saturated carbocycles. The van der Waals surface area contributed by atoms with E-state index >= 15 is 0 Å². The lowest BCUT2D eigenvalue weighted by atomic mass is 10.1. The van der Waals surface area contributed by atoms with E-state index in [4.69, 9.17) is 18.6 Å². The highest BCUT2D eigenvalue weighted by molar-refractivity contribution is 5.90. The molecule has 0 aliphatic rings. The predicted molar refractivity (Wildman–Crippen MR) is 112 cm³/mol. The number of urea groups is 1. The molecule has 2 rings (SSSR count). The number of esters is 1. The van der Waals surface area contributed by atoms with Crippen LogP contribution in [0.4, 0.5) is 4.79 Å². The summed E-state index contributed by atoms with van der Waals surface area (Å²) in [6.07, 6.45) is 0.0282. The van der Waals surface area contributed by atoms with Crippen LogP contribution in [0.3, 0.4) is 0 Å². The molecule has 8 heteroatoms. The van der Waals surface area contributed by atoms with E-state index in [0.717, 1.165) is 5.56 Å². The van der Waals surface area contributed by atoms with Gasteiger partial charge in [-0.15, -0.1) is 0 Å². The molecule has 1 atom stereocenters. The summed E-state index contributed by atoms with van der Waals surface area (Å²) in [5, 5.41) is 2.94. The highest BCUT2D eigenvalue weighted by Gasteiger charge is 2.20. The largest absolute Gasteiger partial charge is 0.493 e. The second-order valence-electron chi connectivity index (χ2n) is 7.28. The van der Waals surface area contributed by atoms with Crippen LogP contribution < -0.4 is 14.8 Å². The monoisotopic (exact) mass is 418 g/mol. The van der Waals surface area contributed by atoms with Crippen molar-refractivity contribution in [1.82, 2.24) is 10.2 Å². The molecule has 1 heterocycles. The van der Waals surface area contributed by atoms with E-state index in [1.165, 1.54) is 12.0 Å². The summed E-state index contributed by atoms with van der Waals surface area (Å²) >= 11 is 0. The van der Waals surface area contributed by atoms with Crippen molar-refractivity contribution in [3.63, 3.8) is 0 Å². The fourth-order valence-electron chi connectivity index (χ4n) is 2.92. The predicted octanol–water partition coefficient (Wildman–Crippen LogP) is 4.07. The number of rotatable bonds is 8. The number of hydrogen-bond donors (Lipinski definition) is 1. The third-order valence-corrected chi connectivity index (χ3v) is 4.50. The zero-order chi connectivity index (χ0) is 22.4. The number of methoxy groups -OCH3 is 2. The highest BCUT2D eigenvalue weighted by Crippen LogP contribution is 2.31. The third kappa shape index (κ3) is 5.68. The normalized spacial score (nSPS) is 11.7. The van der Waals surface area contributed by atoms with Crippen LogP contribution >= 0.6 is 0 Å². The van der Waals surface area contributed by atoms with Gasteiger partial charge in [0.15, 0.2) is 11.5 Å². The Kier molecular flexibility index (Phi) is 7.74. The number of hydrogen-bond acceptors (Lipinski definition) is 6. The quantitative estimate of drug-likeness (QED) is 0.650. The second-order valence-corrected chi connectivity index (χ2v) is 7.28. The van der Waals surface area contributed by atoms with Crippen molar-refractivity contribution in [1.29, 1.82) is 0 Å². The molecular weight excluding hydrogens is 388 g/mol. The number of nitrogens with one attached hydrogen (secondary N) is 1. The summed E-state index contributed by atoms with van der Waals surface area (Å²) in [5.74, 6) is 1.74. The van der Waals surface area contributed by atoms with E-state index in [1.807, 2.05) is 39.0 Å². The van der Waals surface area contributed by atoms with Crippen molar-refractivity contribution in [2.45, 2.75) is 46.4 Å². The molecule has 1 unspecified atom stereocenters. The molecule has 1 aromatic heterocycles. The number of carbonyl (C=O) groups excluding carboxylic acids is 2. The average molecular weight is 418 g/mol. The van der Waals surface area contributed by atoms with Crippen LogP contribution in [-0.4, -0.2) is 44.3 Å². The maximum absolute atomic E-state index is 12.6. The van der Waals surface area contributed by atoms with Crippen molar-refractivity contribution < 1.29 is 28.2 Å². The van der Waals surface area contributed by atoms with Gasteiger partial charge in [0.05, 0.1) is 32.9 Å². The molecule has 2 aromatic rings. The first-order valence-electron chi connectivity index (χ1n) is 9.70. The summed E-state index contributed by atoms with van der Waals surface area (Å²) < 4.78 is 21.4. The SMILES string of the molecule is COC(=O)c1cc(CN(C)C(=O)NC(C)c2ccc(OC(C)C)c(OC)c2)oc1C. The molecule has 0 bridgehead atoms. The van der Waals surface area contributed by atoms with Crippen molar-refractivity contribution >= 4 is 12.0 Å². The average Bonchev–Trinajstić information content (AvgIpc) is 3.06. The van der Waals surface area contributed by atoms with Crippen LogP contribution in [0.2, 0.25) is 0 Å². The first-order valence-corrected chi connectivity index (χ1v) is 9.70. The molecule has 0 spiro atoms. The maximum Gasteiger partial charge on any atom is 0.341 e. The van der Waals surface area contributed by atoms with Crippen LogP contribution in [0.15, 0.2) is 28.7 Å². The lowest BCUT2D eigenvalue weighted by Gasteiger charge is -2.22. The zero-order valence-corrected chi connectivity index (χ0v) is 18.6. The highest BCUT2D eigenvalue weighted by atomic mass is 16.5. The van der Waals surface area contributed by atoms with Gasteiger partial charge >= 0.3 is 12.0 Å². The first-order chi connectivity index (χ1) is 14.2. The third-order valence-electron chi connectivity index (χ3n) is 4.50. The van der Waals surface area contributed by atoms with E-state index in [2.05, 4.69) is 5.32 Å². The molecule has 0 fully saturated rings. The Morgan fingerprint density at radius 1 is 1.13 bits per heavy atom. The summed E-state index contributed by atoms with van der Waals surface area (Å²) in [6.45, 7) is 7.66. The van der Waals surface area contributed by atoms with Gasteiger partial charge < -0.3 is 28.8 Å². The van der Waals surface area contributed by atoms with Gasteiger partial charge in [0.2, 0.25) is 0 Å². The van der Waals surface area contributed by atoms with Gasteiger partial charge in [-0.3, -0.25) is 0 Å². The number of nitrogens with zero attached hydrogens (tertiary/aromatic N) is 1. The van der Waals surface area contributed by atoms with Gasteiger partial charge in [-0.25, -0.2) is 9.59 Å². The van der Waals surface area contributed by atoms with Crippen molar-refractivity contribution in [2.75, 3.05) is 21.3 Å². The summed E-state index contributed by atoms with van der Waals surface area (Å²) in [6, 6.07) is 6.63. The Morgan fingerprint density at radius 3 is 2.43 bits per heavy atom. The smallest absolute Gasteiger partial charge is 0.341 e. The minimum absolute atomic E-state index is 0.0282. The van der Waals surface area contributed by atoms with E-state index in [-0.39, 0.29) is 24.7 Å². The van der Waals surface area contributed by atoms with E-state index in [9.17, 15) is 9.59 Å². The van der Waals surface area contributed by atoms with Crippen LogP contribution in [-0.2, 0) is 11.3 Å². The van der Waals surface area contributed by atoms with Gasteiger partial charge in [0.1, 0.15) is 17.1 Å². The Hall–Kier alpha value is -3.16. The molecule has 1 N–H and O–H groups in total. The number of benzene rings is 1. The number of carbonyl (C=O) groups is 2. The van der Waals surface area contributed by atoms with E-state index < -0.39 is 5.97 Å². The lowest BCUT2D eigenvalue weighted by Crippen LogP contribution is -2.38. The van der Waals surface area contributed by atoms with Gasteiger partial charge in [0, 0.05) is 7.05 Å². The van der Waals surface area contributed by atoms with Gasteiger partial charge in [-0.05, 0) is 51.5 Å². The number of amides is 2. The molecule has 1 aromatic carbocycles. The second kappa shape index (κ2) is 10.0. The molecule has 0 aliphatic heterocycles. The fraction of sp³-hybridized carbons (Fsp3) is 0.455. The number of furan rings is 1. The molecular formula is C22H30N2O6. The molecule has 8 nitrogen and oxygen atoms in total. The van der Waals surface area contributed by atoms with E-state index in [0.29, 0.717) is 28.6 Å². The van der Waals surface area contributed by atoms with Gasteiger partial charge in [-0.1, -0.05) is 6.07 Å². The van der Waals surface area contributed by atoms with Crippen LogP contribution in [0.25, 0.3) is 0 Å². The number of aryl methyl sites for hydroxylation is 1. The topological polar surface area (TPSA) is 90.2 Å². The lowest BCUT2D eigenvalue weighted by molar-refractivity contribution is 0.0598. The summed E-state index contributed by atoms with van der Waals surface area (Å²) in [4.78, 5) is 25.8. The minimum atomic E-state index is -0.470. The molecule has 2 amide bonds. The Bertz CT molecular complexity index is 890. The van der Waals surface area contributed by atoms with Crippen molar-refractivity contribution in [2.24, 2.45) is 0 Å². The van der Waals surface area contributed by atoms with Gasteiger partial charge in [-0.2, -0.15) is 0 Å². The minimum Gasteiger partial charge on any atom is -0.493 e. The zero-order valence-electron chi connectivity index (χ0n) is 18.6. The molecule has 0 aliphatic carbocycles.